The molecule has 3 N–H and O–H groups in total. The minimum atomic E-state index is -0.833. The van der Waals surface area contributed by atoms with Crippen molar-refractivity contribution in [3.05, 3.63) is 63.6 Å². The van der Waals surface area contributed by atoms with Crippen LogP contribution in [0.2, 0.25) is 0 Å². The fourth-order valence-electron chi connectivity index (χ4n) is 1.68. The van der Waals surface area contributed by atoms with Crippen molar-refractivity contribution in [2.24, 2.45) is 5.73 Å². The summed E-state index contributed by atoms with van der Waals surface area (Å²) in [5, 5.41) is 2.97. The number of hydrogen-bond acceptors (Lipinski definition) is 2. The maximum absolute atomic E-state index is 13.3. The SMILES string of the molecule is NC(=O)c1cc(NCc2ccc(Br)c(F)c2)ccc1F. The Morgan fingerprint density at radius 2 is 1.90 bits per heavy atom. The van der Waals surface area contributed by atoms with Crippen molar-refractivity contribution in [1.29, 1.82) is 0 Å². The van der Waals surface area contributed by atoms with Crippen LogP contribution >= 0.6 is 15.9 Å². The van der Waals surface area contributed by atoms with E-state index in [1.54, 1.807) is 12.1 Å². The number of amides is 1. The Morgan fingerprint density at radius 1 is 1.15 bits per heavy atom. The third-order valence-corrected chi connectivity index (χ3v) is 3.36. The second kappa shape index (κ2) is 6.00. The lowest BCUT2D eigenvalue weighted by atomic mass is 10.1. The van der Waals surface area contributed by atoms with Crippen molar-refractivity contribution < 1.29 is 13.6 Å². The predicted molar refractivity (Wildman–Crippen MR) is 76.3 cm³/mol. The monoisotopic (exact) mass is 340 g/mol. The van der Waals surface area contributed by atoms with E-state index in [1.807, 2.05) is 0 Å². The minimum Gasteiger partial charge on any atom is -0.381 e. The number of nitrogens with two attached hydrogens (primary N) is 1. The normalized spacial score (nSPS) is 10.3. The number of halogens is 3. The molecular formula is C14H11BrF2N2O. The van der Waals surface area contributed by atoms with Crippen LogP contribution in [0.15, 0.2) is 40.9 Å². The predicted octanol–water partition coefficient (Wildman–Crippen LogP) is 3.44. The summed E-state index contributed by atoms with van der Waals surface area (Å²) < 4.78 is 27.0. The van der Waals surface area contributed by atoms with Gasteiger partial charge in [-0.2, -0.15) is 0 Å². The topological polar surface area (TPSA) is 55.1 Å². The van der Waals surface area contributed by atoms with Crippen molar-refractivity contribution in [3.63, 3.8) is 0 Å². The van der Waals surface area contributed by atoms with Crippen LogP contribution in [0.25, 0.3) is 0 Å². The molecule has 0 atom stereocenters. The molecule has 0 bridgehead atoms. The van der Waals surface area contributed by atoms with Crippen molar-refractivity contribution in [2.75, 3.05) is 5.32 Å². The summed E-state index contributed by atoms with van der Waals surface area (Å²) in [5.41, 5.74) is 6.13. The number of rotatable bonds is 4. The zero-order valence-electron chi connectivity index (χ0n) is 10.3. The molecule has 3 nitrogen and oxygen atoms in total. The van der Waals surface area contributed by atoms with Crippen molar-refractivity contribution in [3.8, 4) is 0 Å². The van der Waals surface area contributed by atoms with Gasteiger partial charge < -0.3 is 11.1 Å². The summed E-state index contributed by atoms with van der Waals surface area (Å²) in [6.07, 6.45) is 0. The van der Waals surface area contributed by atoms with E-state index in [0.717, 1.165) is 11.6 Å². The third-order valence-electron chi connectivity index (χ3n) is 2.71. The van der Waals surface area contributed by atoms with Crippen molar-refractivity contribution in [1.82, 2.24) is 0 Å². The number of anilines is 1. The van der Waals surface area contributed by atoms with Crippen LogP contribution in [0, 0.1) is 11.6 Å². The van der Waals surface area contributed by atoms with Gasteiger partial charge in [-0.3, -0.25) is 4.79 Å². The highest BCUT2D eigenvalue weighted by Gasteiger charge is 2.09. The molecule has 0 aromatic heterocycles. The average molecular weight is 341 g/mol. The highest BCUT2D eigenvalue weighted by atomic mass is 79.9. The number of benzene rings is 2. The molecule has 2 aromatic rings. The Kier molecular flexibility index (Phi) is 4.34. The molecule has 2 aromatic carbocycles. The summed E-state index contributed by atoms with van der Waals surface area (Å²) >= 11 is 3.07. The van der Waals surface area contributed by atoms with E-state index in [-0.39, 0.29) is 11.4 Å². The Balaban J connectivity index is 2.12. The van der Waals surface area contributed by atoms with Crippen LogP contribution in [0.4, 0.5) is 14.5 Å². The maximum Gasteiger partial charge on any atom is 0.251 e. The summed E-state index contributed by atoms with van der Waals surface area (Å²) in [6, 6.07) is 8.70. The maximum atomic E-state index is 13.3. The summed E-state index contributed by atoms with van der Waals surface area (Å²) in [5.74, 6) is -1.86. The quantitative estimate of drug-likeness (QED) is 0.895. The van der Waals surface area contributed by atoms with Crippen molar-refractivity contribution >= 4 is 27.5 Å². The molecule has 0 radical (unpaired) electrons. The molecule has 6 heteroatoms. The van der Waals surface area contributed by atoms with Gasteiger partial charge >= 0.3 is 0 Å². The second-order valence-electron chi connectivity index (χ2n) is 4.16. The number of hydrogen-bond donors (Lipinski definition) is 2. The molecule has 0 spiro atoms. The molecule has 20 heavy (non-hydrogen) atoms. The first-order valence-electron chi connectivity index (χ1n) is 5.74. The molecule has 0 aliphatic heterocycles. The molecule has 104 valence electrons. The van der Waals surface area contributed by atoms with Gasteiger partial charge in [0, 0.05) is 12.2 Å². The number of primary amides is 1. The Morgan fingerprint density at radius 3 is 2.55 bits per heavy atom. The first-order valence-corrected chi connectivity index (χ1v) is 6.54. The van der Waals surface area contributed by atoms with Gasteiger partial charge in [-0.05, 0) is 51.8 Å². The van der Waals surface area contributed by atoms with E-state index in [9.17, 15) is 13.6 Å². The molecule has 0 aliphatic rings. The van der Waals surface area contributed by atoms with Crippen molar-refractivity contribution in [2.45, 2.75) is 6.54 Å². The Hall–Kier alpha value is -1.95. The number of carbonyl (C=O) groups excluding carboxylic acids is 1. The van der Waals surface area contributed by atoms with E-state index < -0.39 is 11.7 Å². The molecule has 0 aliphatic carbocycles. The number of carbonyl (C=O) groups is 1. The molecule has 1 amide bonds. The Labute approximate surface area is 122 Å². The van der Waals surface area contributed by atoms with Crippen LogP contribution in [0.1, 0.15) is 15.9 Å². The Bertz CT molecular complexity index is 662. The summed E-state index contributed by atoms with van der Waals surface area (Å²) in [6.45, 7) is 0.341. The molecule has 0 saturated carbocycles. The summed E-state index contributed by atoms with van der Waals surface area (Å²) in [4.78, 5) is 11.0. The highest BCUT2D eigenvalue weighted by molar-refractivity contribution is 9.10. The van der Waals surface area contributed by atoms with Gasteiger partial charge in [0.2, 0.25) is 0 Å². The van der Waals surface area contributed by atoms with E-state index in [0.29, 0.717) is 16.7 Å². The fourth-order valence-corrected chi connectivity index (χ4v) is 1.92. The average Bonchev–Trinajstić information content (AvgIpc) is 2.41. The van der Waals surface area contributed by atoms with Crippen LogP contribution < -0.4 is 11.1 Å². The van der Waals surface area contributed by atoms with E-state index in [2.05, 4.69) is 21.2 Å². The first kappa shape index (κ1) is 14.5. The van der Waals surface area contributed by atoms with Crippen LogP contribution in [0.5, 0.6) is 0 Å². The zero-order chi connectivity index (χ0) is 14.7. The van der Waals surface area contributed by atoms with E-state index in [4.69, 9.17) is 5.73 Å². The standard InChI is InChI=1S/C14H11BrF2N2O/c15-11-3-1-8(5-13(11)17)7-19-9-2-4-12(16)10(6-9)14(18)20/h1-6,19H,7H2,(H2,18,20). The fraction of sp³-hybridized carbons (Fsp3) is 0.0714. The van der Waals surface area contributed by atoms with Crippen LogP contribution in [-0.4, -0.2) is 5.91 Å². The van der Waals surface area contributed by atoms with Gasteiger partial charge in [-0.1, -0.05) is 6.07 Å². The first-order chi connectivity index (χ1) is 9.47. The molecule has 0 unspecified atom stereocenters. The van der Waals surface area contributed by atoms with Crippen LogP contribution in [-0.2, 0) is 6.54 Å². The smallest absolute Gasteiger partial charge is 0.251 e. The lowest BCUT2D eigenvalue weighted by Crippen LogP contribution is -2.13. The highest BCUT2D eigenvalue weighted by Crippen LogP contribution is 2.18. The molecular weight excluding hydrogens is 330 g/mol. The second-order valence-corrected chi connectivity index (χ2v) is 5.02. The van der Waals surface area contributed by atoms with Gasteiger partial charge in [0.15, 0.2) is 0 Å². The van der Waals surface area contributed by atoms with Gasteiger partial charge in [0.25, 0.3) is 5.91 Å². The number of nitrogens with one attached hydrogen (secondary N) is 1. The zero-order valence-corrected chi connectivity index (χ0v) is 11.9. The van der Waals surface area contributed by atoms with Gasteiger partial charge in [0.05, 0.1) is 10.0 Å². The van der Waals surface area contributed by atoms with E-state index in [1.165, 1.54) is 18.2 Å². The van der Waals surface area contributed by atoms with Gasteiger partial charge in [-0.15, -0.1) is 0 Å². The molecule has 0 heterocycles. The largest absolute Gasteiger partial charge is 0.381 e. The molecule has 2 rings (SSSR count). The van der Waals surface area contributed by atoms with Crippen LogP contribution in [0.3, 0.4) is 0 Å². The van der Waals surface area contributed by atoms with Gasteiger partial charge in [0.1, 0.15) is 11.6 Å². The lowest BCUT2D eigenvalue weighted by molar-refractivity contribution is 0.0996. The van der Waals surface area contributed by atoms with Gasteiger partial charge in [-0.25, -0.2) is 8.78 Å². The molecule has 0 saturated heterocycles. The van der Waals surface area contributed by atoms with E-state index >= 15 is 0 Å². The third kappa shape index (κ3) is 3.33. The molecule has 0 fully saturated rings. The summed E-state index contributed by atoms with van der Waals surface area (Å²) in [7, 11) is 0. The minimum absolute atomic E-state index is 0.183. The lowest BCUT2D eigenvalue weighted by Gasteiger charge is -2.08.